The maximum Gasteiger partial charge on any atom is 0.278 e. The van der Waals surface area contributed by atoms with E-state index in [1.165, 1.54) is 6.20 Å². The van der Waals surface area contributed by atoms with Crippen molar-refractivity contribution in [1.82, 2.24) is 40.1 Å². The lowest BCUT2D eigenvalue weighted by Crippen LogP contribution is -2.39. The van der Waals surface area contributed by atoms with E-state index in [1.54, 1.807) is 27.9 Å². The molecule has 4 heterocycles. The zero-order valence-corrected chi connectivity index (χ0v) is 20.0. The van der Waals surface area contributed by atoms with Crippen LogP contribution in [0.1, 0.15) is 34.9 Å². The number of aromatic amines is 2. The number of amides is 1. The van der Waals surface area contributed by atoms with Gasteiger partial charge >= 0.3 is 0 Å². The molecule has 178 valence electrons. The summed E-state index contributed by atoms with van der Waals surface area (Å²) in [5.41, 5.74) is 1.82. The lowest BCUT2D eigenvalue weighted by molar-refractivity contribution is 0.0685. The number of rotatable bonds is 5. The second-order valence-electron chi connectivity index (χ2n) is 7.72. The number of H-pyrrole nitrogens is 2. The predicted molar refractivity (Wildman–Crippen MR) is 130 cm³/mol. The summed E-state index contributed by atoms with van der Waals surface area (Å²) in [5, 5.41) is 18.4. The molecule has 0 bridgehead atoms. The van der Waals surface area contributed by atoms with Crippen molar-refractivity contribution in [2.75, 3.05) is 18.4 Å². The highest BCUT2D eigenvalue weighted by molar-refractivity contribution is 6.42. The van der Waals surface area contributed by atoms with Crippen molar-refractivity contribution in [2.45, 2.75) is 25.4 Å². The van der Waals surface area contributed by atoms with Crippen molar-refractivity contribution in [3.63, 3.8) is 0 Å². The molecule has 0 saturated carbocycles. The summed E-state index contributed by atoms with van der Waals surface area (Å²) in [6.07, 6.45) is 4.32. The van der Waals surface area contributed by atoms with Crippen molar-refractivity contribution >= 4 is 58.5 Å². The molecule has 3 N–H and O–H groups in total. The monoisotopic (exact) mass is 523 g/mol. The standard InChI is InChI=1S/C20H19Cl2N9O2.ClH/c21-13-2-1-11(7-14(13)22)8-23-20-26-15-10-25-31(17(15)18(32)27-20)12-3-5-30(6-4-12)19(33)16-9-24-29-28-16;/h1-2,7,9-10,12H,3-6,8H2,(H,24,28,29)(H2,23,26,27,32);1H. The number of carbonyl (C=O) groups excluding carboxylic acids is 1. The topological polar surface area (TPSA) is 137 Å². The van der Waals surface area contributed by atoms with Gasteiger partial charge in [0.2, 0.25) is 5.95 Å². The number of anilines is 1. The third-order valence-corrected chi connectivity index (χ3v) is 6.37. The molecule has 1 saturated heterocycles. The van der Waals surface area contributed by atoms with Gasteiger partial charge in [0, 0.05) is 19.6 Å². The third kappa shape index (κ3) is 4.72. The number of nitrogens with one attached hydrogen (secondary N) is 3. The summed E-state index contributed by atoms with van der Waals surface area (Å²) in [7, 11) is 0. The van der Waals surface area contributed by atoms with Crippen LogP contribution in [0.25, 0.3) is 11.0 Å². The van der Waals surface area contributed by atoms with Gasteiger partial charge in [-0.1, -0.05) is 29.3 Å². The van der Waals surface area contributed by atoms with E-state index in [-0.39, 0.29) is 29.9 Å². The molecule has 0 spiro atoms. The lowest BCUT2D eigenvalue weighted by Gasteiger charge is -2.31. The molecule has 0 atom stereocenters. The van der Waals surface area contributed by atoms with Crippen LogP contribution in [0.5, 0.6) is 0 Å². The van der Waals surface area contributed by atoms with E-state index in [2.05, 4.69) is 35.8 Å². The first-order valence-corrected chi connectivity index (χ1v) is 11.1. The maximum atomic E-state index is 12.8. The second kappa shape index (κ2) is 10.00. The highest BCUT2D eigenvalue weighted by atomic mass is 35.5. The van der Waals surface area contributed by atoms with Gasteiger partial charge in [0.15, 0.2) is 11.2 Å². The molecular formula is C20H20Cl3N9O2. The van der Waals surface area contributed by atoms with Gasteiger partial charge in [-0.05, 0) is 30.5 Å². The number of aromatic nitrogens is 7. The minimum atomic E-state index is -0.282. The summed E-state index contributed by atoms with van der Waals surface area (Å²) in [4.78, 5) is 34.3. The fourth-order valence-corrected chi connectivity index (χ4v) is 4.27. The lowest BCUT2D eigenvalue weighted by atomic mass is 10.0. The molecular weight excluding hydrogens is 505 g/mol. The number of fused-ring (bicyclic) bond motifs is 1. The number of nitrogens with zero attached hydrogens (tertiary/aromatic N) is 6. The SMILES string of the molecule is Cl.O=C(c1cn[nH]n1)N1CCC(n2ncc3nc(NCc4ccc(Cl)c(Cl)c4)[nH]c(=O)c32)CC1. The van der Waals surface area contributed by atoms with Crippen molar-refractivity contribution in [2.24, 2.45) is 0 Å². The van der Waals surface area contributed by atoms with Crippen LogP contribution < -0.4 is 10.9 Å². The Kier molecular flexibility index (Phi) is 7.05. The highest BCUT2D eigenvalue weighted by Gasteiger charge is 2.27. The van der Waals surface area contributed by atoms with Gasteiger partial charge in [-0.25, -0.2) is 4.98 Å². The number of halogens is 3. The Bertz CT molecular complexity index is 1360. The van der Waals surface area contributed by atoms with Crippen LogP contribution in [0, 0.1) is 0 Å². The molecule has 14 heteroatoms. The molecule has 0 radical (unpaired) electrons. The fraction of sp³-hybridized carbons (Fsp3) is 0.300. The molecule has 4 aromatic rings. The number of carbonyl (C=O) groups is 1. The second-order valence-corrected chi connectivity index (χ2v) is 8.53. The van der Waals surface area contributed by atoms with Crippen LogP contribution in [0.4, 0.5) is 5.95 Å². The molecule has 1 aliphatic rings. The van der Waals surface area contributed by atoms with E-state index in [9.17, 15) is 9.59 Å². The Morgan fingerprint density at radius 3 is 2.68 bits per heavy atom. The van der Waals surface area contributed by atoms with Crippen LogP contribution >= 0.6 is 35.6 Å². The summed E-state index contributed by atoms with van der Waals surface area (Å²) >= 11 is 12.0. The fourth-order valence-electron chi connectivity index (χ4n) is 3.95. The van der Waals surface area contributed by atoms with Crippen LogP contribution in [0.3, 0.4) is 0 Å². The zero-order chi connectivity index (χ0) is 22.9. The first-order chi connectivity index (χ1) is 16.0. The van der Waals surface area contributed by atoms with Gasteiger partial charge in [-0.3, -0.25) is 19.3 Å². The van der Waals surface area contributed by atoms with Crippen LogP contribution in [-0.4, -0.2) is 59.1 Å². The number of likely N-dealkylation sites (tertiary alicyclic amines) is 1. The van der Waals surface area contributed by atoms with Crippen molar-refractivity contribution in [3.8, 4) is 0 Å². The van der Waals surface area contributed by atoms with E-state index in [0.717, 1.165) is 5.56 Å². The quantitative estimate of drug-likeness (QED) is 0.365. The number of hydrogen-bond donors (Lipinski definition) is 3. The highest BCUT2D eigenvalue weighted by Crippen LogP contribution is 2.26. The zero-order valence-electron chi connectivity index (χ0n) is 17.7. The molecule has 0 unspecified atom stereocenters. The largest absolute Gasteiger partial charge is 0.352 e. The number of hydrogen-bond acceptors (Lipinski definition) is 7. The molecule has 1 amide bonds. The van der Waals surface area contributed by atoms with Crippen molar-refractivity contribution in [1.29, 1.82) is 0 Å². The first-order valence-electron chi connectivity index (χ1n) is 10.3. The summed E-state index contributed by atoms with van der Waals surface area (Å²) in [5.74, 6) is 0.177. The van der Waals surface area contributed by atoms with Crippen molar-refractivity contribution < 1.29 is 4.79 Å². The Hall–Kier alpha value is -3.15. The van der Waals surface area contributed by atoms with Gasteiger partial charge in [-0.15, -0.1) is 12.4 Å². The molecule has 1 aliphatic heterocycles. The van der Waals surface area contributed by atoms with E-state index in [0.29, 0.717) is 65.2 Å². The molecule has 5 rings (SSSR count). The Morgan fingerprint density at radius 1 is 1.18 bits per heavy atom. The maximum absolute atomic E-state index is 12.8. The van der Waals surface area contributed by atoms with Gasteiger partial charge in [0.25, 0.3) is 11.5 Å². The summed E-state index contributed by atoms with van der Waals surface area (Å²) in [6.45, 7) is 1.48. The Morgan fingerprint density at radius 2 is 1.97 bits per heavy atom. The smallest absolute Gasteiger partial charge is 0.278 e. The van der Waals surface area contributed by atoms with E-state index >= 15 is 0 Å². The molecule has 1 fully saturated rings. The summed E-state index contributed by atoms with van der Waals surface area (Å²) < 4.78 is 1.71. The molecule has 1 aromatic carbocycles. The molecule has 0 aliphatic carbocycles. The van der Waals surface area contributed by atoms with Crippen LogP contribution in [0.15, 0.2) is 35.4 Å². The number of benzene rings is 1. The average Bonchev–Trinajstić information content (AvgIpc) is 3.50. The third-order valence-electron chi connectivity index (χ3n) is 5.63. The average molecular weight is 525 g/mol. The van der Waals surface area contributed by atoms with Gasteiger partial charge in [-0.2, -0.15) is 20.5 Å². The van der Waals surface area contributed by atoms with Gasteiger partial charge in [0.1, 0.15) is 5.52 Å². The van der Waals surface area contributed by atoms with E-state index in [4.69, 9.17) is 23.2 Å². The van der Waals surface area contributed by atoms with Crippen LogP contribution in [-0.2, 0) is 6.54 Å². The van der Waals surface area contributed by atoms with E-state index < -0.39 is 0 Å². The normalized spacial score (nSPS) is 14.2. The Labute approximate surface area is 209 Å². The first kappa shape index (κ1) is 24.0. The minimum Gasteiger partial charge on any atom is -0.352 e. The van der Waals surface area contributed by atoms with Crippen LogP contribution in [0.2, 0.25) is 10.0 Å². The van der Waals surface area contributed by atoms with E-state index in [1.807, 2.05) is 6.07 Å². The van der Waals surface area contributed by atoms with Gasteiger partial charge in [0.05, 0.1) is 28.5 Å². The molecule has 3 aromatic heterocycles. The number of piperidine rings is 1. The molecule has 11 nitrogen and oxygen atoms in total. The van der Waals surface area contributed by atoms with Crippen molar-refractivity contribution in [3.05, 3.63) is 62.2 Å². The van der Waals surface area contributed by atoms with Gasteiger partial charge < -0.3 is 10.2 Å². The molecule has 34 heavy (non-hydrogen) atoms. The predicted octanol–water partition coefficient (Wildman–Crippen LogP) is 3.06. The summed E-state index contributed by atoms with van der Waals surface area (Å²) in [6, 6.07) is 5.30. The minimum absolute atomic E-state index is 0. The Balaban J connectivity index is 0.00000274.